The summed E-state index contributed by atoms with van der Waals surface area (Å²) in [5, 5.41) is 8.79. The second-order valence-corrected chi connectivity index (χ2v) is 3.81. The zero-order chi connectivity index (χ0) is 14.5. The van der Waals surface area contributed by atoms with Gasteiger partial charge < -0.3 is 9.84 Å². The van der Waals surface area contributed by atoms with E-state index < -0.39 is 5.97 Å². The van der Waals surface area contributed by atoms with Crippen LogP contribution < -0.4 is 4.74 Å². The van der Waals surface area contributed by atoms with Crippen LogP contribution in [0, 0.1) is 13.1 Å². The van der Waals surface area contributed by atoms with Crippen molar-refractivity contribution in [2.75, 3.05) is 0 Å². The van der Waals surface area contributed by atoms with Crippen molar-refractivity contribution in [3.05, 3.63) is 70.9 Å². The van der Waals surface area contributed by atoms with Crippen molar-refractivity contribution in [2.45, 2.75) is 0 Å². The van der Waals surface area contributed by atoms with E-state index in [4.69, 9.17) is 23.0 Å². The number of hydrogen-bond donors (Lipinski definition) is 1. The molecule has 96 valence electrons. The molecular weight excluding hydrogens is 256 g/mol. The monoisotopic (exact) mass is 264 g/mol. The lowest BCUT2D eigenvalue weighted by Gasteiger charge is -2.07. The third kappa shape index (κ3) is 2.74. The van der Waals surface area contributed by atoms with Gasteiger partial charge in [0.25, 0.3) is 0 Å². The second-order valence-electron chi connectivity index (χ2n) is 3.81. The molecule has 5 nitrogen and oxygen atoms in total. The van der Waals surface area contributed by atoms with Gasteiger partial charge in [0.15, 0.2) is 11.4 Å². The minimum Gasteiger partial charge on any atom is -0.478 e. The molecule has 0 bridgehead atoms. The van der Waals surface area contributed by atoms with Crippen molar-refractivity contribution < 1.29 is 14.6 Å². The van der Waals surface area contributed by atoms with E-state index in [0.29, 0.717) is 11.5 Å². The van der Waals surface area contributed by atoms with Crippen molar-refractivity contribution in [2.24, 2.45) is 0 Å². The van der Waals surface area contributed by atoms with Gasteiger partial charge in [-0.3, -0.25) is 4.85 Å². The first kappa shape index (κ1) is 13.1. The summed E-state index contributed by atoms with van der Waals surface area (Å²) in [5.41, 5.74) is 0.663. The third-order valence-corrected chi connectivity index (χ3v) is 2.52. The minimum absolute atomic E-state index is 0.169. The maximum absolute atomic E-state index is 10.7. The van der Waals surface area contributed by atoms with Crippen LogP contribution in [0.1, 0.15) is 10.4 Å². The molecule has 0 radical (unpaired) electrons. The smallest absolute Gasteiger partial charge is 0.335 e. The number of rotatable bonds is 3. The summed E-state index contributed by atoms with van der Waals surface area (Å²) in [6.07, 6.45) is 0. The molecule has 0 aliphatic heterocycles. The van der Waals surface area contributed by atoms with E-state index in [1.54, 1.807) is 6.07 Å². The van der Waals surface area contributed by atoms with E-state index in [-0.39, 0.29) is 16.9 Å². The van der Waals surface area contributed by atoms with Crippen LogP contribution in [0.15, 0.2) is 42.5 Å². The molecule has 2 aromatic rings. The highest BCUT2D eigenvalue weighted by molar-refractivity contribution is 5.87. The fourth-order valence-corrected chi connectivity index (χ4v) is 1.55. The Labute approximate surface area is 115 Å². The van der Waals surface area contributed by atoms with Gasteiger partial charge in [-0.25, -0.2) is 9.64 Å². The van der Waals surface area contributed by atoms with Gasteiger partial charge >= 0.3 is 5.97 Å². The van der Waals surface area contributed by atoms with Gasteiger partial charge in [0, 0.05) is 0 Å². The quantitative estimate of drug-likeness (QED) is 0.842. The molecular formula is C15H8N2O3. The first-order chi connectivity index (χ1) is 9.63. The van der Waals surface area contributed by atoms with Gasteiger partial charge in [-0.15, -0.1) is 0 Å². The molecule has 0 fully saturated rings. The van der Waals surface area contributed by atoms with E-state index >= 15 is 0 Å². The van der Waals surface area contributed by atoms with Crippen LogP contribution in [0.2, 0.25) is 0 Å². The van der Waals surface area contributed by atoms with Gasteiger partial charge in [0.2, 0.25) is 0 Å². The maximum atomic E-state index is 10.7. The summed E-state index contributed by atoms with van der Waals surface area (Å²) < 4.78 is 5.52. The molecule has 0 atom stereocenters. The molecule has 2 rings (SSSR count). The average molecular weight is 264 g/mol. The Bertz CT molecular complexity index is 737. The molecule has 0 saturated heterocycles. The van der Waals surface area contributed by atoms with Crippen molar-refractivity contribution in [3.63, 3.8) is 0 Å². The predicted molar refractivity (Wildman–Crippen MR) is 72.4 cm³/mol. The standard InChI is InChI=1S/C15H8N2O3/c1-16-13-8-7-12(9-14(13)17-2)20-11-5-3-10(4-6-11)15(18)19/h3-9H,(H,18,19). The summed E-state index contributed by atoms with van der Waals surface area (Å²) in [5.74, 6) is -0.124. The van der Waals surface area contributed by atoms with Crippen LogP contribution in [0.5, 0.6) is 11.5 Å². The number of benzene rings is 2. The summed E-state index contributed by atoms with van der Waals surface area (Å²) in [6.45, 7) is 13.9. The van der Waals surface area contributed by atoms with Crippen LogP contribution in [-0.4, -0.2) is 11.1 Å². The highest BCUT2D eigenvalue weighted by Gasteiger charge is 2.06. The summed E-state index contributed by atoms with van der Waals surface area (Å²) in [4.78, 5) is 17.2. The highest BCUT2D eigenvalue weighted by Crippen LogP contribution is 2.33. The molecule has 0 saturated carbocycles. The van der Waals surface area contributed by atoms with E-state index in [2.05, 4.69) is 9.69 Å². The molecule has 0 amide bonds. The molecule has 0 aliphatic carbocycles. The second kappa shape index (κ2) is 5.55. The number of carboxylic acid groups (broad SMARTS) is 1. The number of ether oxygens (including phenoxy) is 1. The number of carbonyl (C=O) groups is 1. The summed E-state index contributed by atoms with van der Waals surface area (Å²) in [6, 6.07) is 10.5. The first-order valence-corrected chi connectivity index (χ1v) is 5.54. The predicted octanol–water partition coefficient (Wildman–Crippen LogP) is 4.28. The number of nitrogens with zero attached hydrogens (tertiary/aromatic N) is 2. The Balaban J connectivity index is 2.24. The largest absolute Gasteiger partial charge is 0.478 e. The Morgan fingerprint density at radius 3 is 2.10 bits per heavy atom. The molecule has 1 N–H and O–H groups in total. The fraction of sp³-hybridized carbons (Fsp3) is 0. The van der Waals surface area contributed by atoms with E-state index in [0.717, 1.165) is 0 Å². The molecule has 0 aromatic heterocycles. The molecule has 20 heavy (non-hydrogen) atoms. The van der Waals surface area contributed by atoms with Crippen LogP contribution in [0.25, 0.3) is 9.69 Å². The van der Waals surface area contributed by atoms with Crippen LogP contribution in [0.3, 0.4) is 0 Å². The maximum Gasteiger partial charge on any atom is 0.335 e. The number of carboxylic acids is 1. The third-order valence-electron chi connectivity index (χ3n) is 2.52. The van der Waals surface area contributed by atoms with Crippen molar-refractivity contribution in [1.29, 1.82) is 0 Å². The molecule has 0 unspecified atom stereocenters. The van der Waals surface area contributed by atoms with E-state index in [1.807, 2.05) is 0 Å². The lowest BCUT2D eigenvalue weighted by molar-refractivity contribution is 0.0697. The molecule has 2 aromatic carbocycles. The van der Waals surface area contributed by atoms with Crippen LogP contribution in [0.4, 0.5) is 11.4 Å². The van der Waals surface area contributed by atoms with E-state index in [1.165, 1.54) is 36.4 Å². The van der Waals surface area contributed by atoms with Crippen LogP contribution >= 0.6 is 0 Å². The molecule has 0 aliphatic rings. The Hall–Kier alpha value is -3.31. The lowest BCUT2D eigenvalue weighted by atomic mass is 10.2. The number of hydrogen-bond acceptors (Lipinski definition) is 2. The molecule has 5 heteroatoms. The fourth-order valence-electron chi connectivity index (χ4n) is 1.55. The molecule has 0 heterocycles. The average Bonchev–Trinajstić information content (AvgIpc) is 2.47. The van der Waals surface area contributed by atoms with Gasteiger partial charge in [-0.2, -0.15) is 0 Å². The first-order valence-electron chi connectivity index (χ1n) is 5.54. The topological polar surface area (TPSA) is 55.2 Å². The van der Waals surface area contributed by atoms with Crippen molar-refractivity contribution in [1.82, 2.24) is 0 Å². The summed E-state index contributed by atoms with van der Waals surface area (Å²) in [7, 11) is 0. The zero-order valence-electron chi connectivity index (χ0n) is 10.2. The number of aromatic carboxylic acids is 1. The van der Waals surface area contributed by atoms with Gasteiger partial charge in [0.1, 0.15) is 11.5 Å². The van der Waals surface area contributed by atoms with Gasteiger partial charge in [0.05, 0.1) is 18.7 Å². The van der Waals surface area contributed by atoms with Gasteiger partial charge in [-0.1, -0.05) is 6.07 Å². The Morgan fingerprint density at radius 1 is 0.950 bits per heavy atom. The molecule has 0 spiro atoms. The zero-order valence-corrected chi connectivity index (χ0v) is 10.2. The SMILES string of the molecule is [C-]#[N+]c1ccc(Oc2ccc(C(=O)O)cc2)cc1[N+]#[C-]. The normalized spacial score (nSPS) is 9.30. The van der Waals surface area contributed by atoms with Crippen molar-refractivity contribution in [3.8, 4) is 11.5 Å². The lowest BCUT2D eigenvalue weighted by Crippen LogP contribution is -1.95. The Morgan fingerprint density at radius 2 is 1.55 bits per heavy atom. The highest BCUT2D eigenvalue weighted by atomic mass is 16.5. The van der Waals surface area contributed by atoms with Gasteiger partial charge in [-0.05, 0) is 36.4 Å². The summed E-state index contributed by atoms with van der Waals surface area (Å²) >= 11 is 0. The Kier molecular flexibility index (Phi) is 3.65. The van der Waals surface area contributed by atoms with Crippen molar-refractivity contribution >= 4 is 17.3 Å². The minimum atomic E-state index is -1.01. The van der Waals surface area contributed by atoms with Crippen LogP contribution in [-0.2, 0) is 0 Å². The van der Waals surface area contributed by atoms with E-state index in [9.17, 15) is 4.79 Å².